The Hall–Kier alpha value is -1.36. The van der Waals surface area contributed by atoms with E-state index in [2.05, 4.69) is 9.71 Å². The highest BCUT2D eigenvalue weighted by molar-refractivity contribution is 7.95. The van der Waals surface area contributed by atoms with Crippen molar-refractivity contribution < 1.29 is 8.42 Å². The number of aryl methyl sites for hydroxylation is 1. The van der Waals surface area contributed by atoms with Crippen LogP contribution in [0.25, 0.3) is 6.08 Å². The van der Waals surface area contributed by atoms with Crippen LogP contribution < -0.4 is 4.72 Å². The number of nitrogens with zero attached hydrogens (tertiary/aromatic N) is 1. The van der Waals surface area contributed by atoms with E-state index in [0.717, 1.165) is 16.7 Å². The number of sulfonamides is 1. The summed E-state index contributed by atoms with van der Waals surface area (Å²) in [6.45, 7) is 1.86. The molecule has 1 aliphatic heterocycles. The van der Waals surface area contributed by atoms with E-state index in [1.807, 2.05) is 13.0 Å². The Kier molecular flexibility index (Phi) is 1.63. The van der Waals surface area contributed by atoms with Crippen LogP contribution in [0.5, 0.6) is 0 Å². The van der Waals surface area contributed by atoms with Gasteiger partial charge in [0.1, 0.15) is 0 Å². The number of rotatable bonds is 0. The SMILES string of the molecule is Cc1cc2c(cn1)NS(=O)(=O)C=C2. The predicted octanol–water partition coefficient (Wildman–Crippen LogP) is 1.12. The van der Waals surface area contributed by atoms with Crippen molar-refractivity contribution in [3.8, 4) is 0 Å². The number of hydrogen-bond acceptors (Lipinski definition) is 3. The number of fused-ring (bicyclic) bond motifs is 1. The van der Waals surface area contributed by atoms with Crippen molar-refractivity contribution in [2.45, 2.75) is 6.92 Å². The van der Waals surface area contributed by atoms with Crippen LogP contribution in [0.15, 0.2) is 17.7 Å². The molecule has 0 radical (unpaired) electrons. The topological polar surface area (TPSA) is 59.1 Å². The third-order valence-corrected chi connectivity index (χ3v) is 2.75. The lowest BCUT2D eigenvalue weighted by Crippen LogP contribution is -2.13. The van der Waals surface area contributed by atoms with Gasteiger partial charge in [0.05, 0.1) is 17.3 Å². The molecule has 1 aromatic heterocycles. The van der Waals surface area contributed by atoms with E-state index in [0.29, 0.717) is 5.69 Å². The minimum atomic E-state index is -3.28. The number of pyridine rings is 1. The van der Waals surface area contributed by atoms with Crippen LogP contribution in [0.4, 0.5) is 5.69 Å². The highest BCUT2D eigenvalue weighted by Crippen LogP contribution is 2.22. The second kappa shape index (κ2) is 2.56. The van der Waals surface area contributed by atoms with Gasteiger partial charge >= 0.3 is 0 Å². The lowest BCUT2D eigenvalue weighted by Gasteiger charge is -2.12. The summed E-state index contributed by atoms with van der Waals surface area (Å²) in [4.78, 5) is 4.00. The standard InChI is InChI=1S/C8H8N2O2S/c1-6-4-7-2-3-13(11,12)10-8(7)5-9-6/h2-5,10H,1H3. The van der Waals surface area contributed by atoms with Crippen molar-refractivity contribution in [2.24, 2.45) is 0 Å². The highest BCUT2D eigenvalue weighted by Gasteiger charge is 2.13. The maximum Gasteiger partial charge on any atom is 0.255 e. The van der Waals surface area contributed by atoms with Crippen LogP contribution in [-0.4, -0.2) is 13.4 Å². The molecule has 0 spiro atoms. The normalized spacial score (nSPS) is 17.6. The molecule has 13 heavy (non-hydrogen) atoms. The first-order valence-electron chi connectivity index (χ1n) is 3.74. The number of hydrogen-bond donors (Lipinski definition) is 1. The molecule has 2 heterocycles. The van der Waals surface area contributed by atoms with Crippen LogP contribution in [0, 0.1) is 6.92 Å². The summed E-state index contributed by atoms with van der Waals surface area (Å²) in [7, 11) is -3.28. The van der Waals surface area contributed by atoms with E-state index < -0.39 is 10.0 Å². The van der Waals surface area contributed by atoms with Crippen molar-refractivity contribution in [2.75, 3.05) is 4.72 Å². The Morgan fingerprint density at radius 2 is 2.23 bits per heavy atom. The first-order chi connectivity index (χ1) is 6.07. The van der Waals surface area contributed by atoms with E-state index in [-0.39, 0.29) is 0 Å². The van der Waals surface area contributed by atoms with Gasteiger partial charge in [-0.15, -0.1) is 0 Å². The molecule has 1 N–H and O–H groups in total. The Balaban J connectivity index is 2.59. The van der Waals surface area contributed by atoms with E-state index in [1.54, 1.807) is 6.08 Å². The predicted molar refractivity (Wildman–Crippen MR) is 50.6 cm³/mol. The van der Waals surface area contributed by atoms with Crippen molar-refractivity contribution in [1.29, 1.82) is 0 Å². The molecule has 0 aliphatic carbocycles. The van der Waals surface area contributed by atoms with Gasteiger partial charge < -0.3 is 0 Å². The van der Waals surface area contributed by atoms with Crippen LogP contribution in [-0.2, 0) is 10.0 Å². The van der Waals surface area contributed by atoms with Gasteiger partial charge in [-0.3, -0.25) is 9.71 Å². The molecule has 0 unspecified atom stereocenters. The molecule has 0 saturated heterocycles. The van der Waals surface area contributed by atoms with Gasteiger partial charge in [-0.25, -0.2) is 8.42 Å². The molecule has 0 bridgehead atoms. The molecule has 68 valence electrons. The molecule has 2 rings (SSSR count). The highest BCUT2D eigenvalue weighted by atomic mass is 32.2. The van der Waals surface area contributed by atoms with Crippen LogP contribution in [0.3, 0.4) is 0 Å². The summed E-state index contributed by atoms with van der Waals surface area (Å²) >= 11 is 0. The molecular weight excluding hydrogens is 188 g/mol. The van der Waals surface area contributed by atoms with E-state index >= 15 is 0 Å². The summed E-state index contributed by atoms with van der Waals surface area (Å²) in [5, 5.41) is 1.15. The van der Waals surface area contributed by atoms with Crippen LogP contribution >= 0.6 is 0 Å². The largest absolute Gasteiger partial charge is 0.278 e. The molecule has 4 nitrogen and oxygen atoms in total. The molecule has 0 fully saturated rings. The van der Waals surface area contributed by atoms with Gasteiger partial charge in [0.2, 0.25) is 0 Å². The Bertz CT molecular complexity index is 477. The Labute approximate surface area is 76.4 Å². The molecule has 0 amide bonds. The van der Waals surface area contributed by atoms with Gasteiger partial charge in [-0.2, -0.15) is 0 Å². The first-order valence-corrected chi connectivity index (χ1v) is 5.29. The van der Waals surface area contributed by atoms with Gasteiger partial charge in [-0.05, 0) is 19.1 Å². The lowest BCUT2D eigenvalue weighted by molar-refractivity contribution is 0.609. The van der Waals surface area contributed by atoms with Gasteiger partial charge in [-0.1, -0.05) is 0 Å². The second-order valence-electron chi connectivity index (χ2n) is 2.86. The summed E-state index contributed by atoms with van der Waals surface area (Å²) in [5.41, 5.74) is 2.25. The molecule has 0 atom stereocenters. The minimum absolute atomic E-state index is 0.535. The summed E-state index contributed by atoms with van der Waals surface area (Å²) in [6, 6.07) is 1.83. The van der Waals surface area contributed by atoms with Crippen molar-refractivity contribution in [1.82, 2.24) is 4.98 Å². The summed E-state index contributed by atoms with van der Waals surface area (Å²) in [6.07, 6.45) is 3.08. The van der Waals surface area contributed by atoms with Crippen LogP contribution in [0.2, 0.25) is 0 Å². The number of nitrogens with one attached hydrogen (secondary N) is 1. The third kappa shape index (κ3) is 1.55. The Morgan fingerprint density at radius 1 is 1.46 bits per heavy atom. The monoisotopic (exact) mass is 196 g/mol. The molecular formula is C8H8N2O2S. The van der Waals surface area contributed by atoms with Gasteiger partial charge in [0.15, 0.2) is 0 Å². The van der Waals surface area contributed by atoms with Crippen molar-refractivity contribution in [3.05, 3.63) is 28.9 Å². The fourth-order valence-electron chi connectivity index (χ4n) is 1.15. The van der Waals surface area contributed by atoms with E-state index in [4.69, 9.17) is 0 Å². The van der Waals surface area contributed by atoms with Crippen LogP contribution in [0.1, 0.15) is 11.3 Å². The molecule has 0 saturated carbocycles. The number of aromatic nitrogens is 1. The average Bonchev–Trinajstić information content (AvgIpc) is 2.05. The first kappa shape index (κ1) is 8.25. The zero-order valence-electron chi connectivity index (χ0n) is 6.98. The zero-order chi connectivity index (χ0) is 9.47. The average molecular weight is 196 g/mol. The fourth-order valence-corrected chi connectivity index (χ4v) is 2.03. The van der Waals surface area contributed by atoms with Crippen molar-refractivity contribution in [3.63, 3.8) is 0 Å². The van der Waals surface area contributed by atoms with Gasteiger partial charge in [0, 0.05) is 11.3 Å². The maximum absolute atomic E-state index is 11.1. The number of anilines is 1. The fraction of sp³-hybridized carbons (Fsp3) is 0.125. The zero-order valence-corrected chi connectivity index (χ0v) is 7.80. The summed E-state index contributed by atoms with van der Waals surface area (Å²) in [5.74, 6) is 0. The van der Waals surface area contributed by atoms with Gasteiger partial charge in [0.25, 0.3) is 10.0 Å². The molecule has 0 aromatic carbocycles. The lowest BCUT2D eigenvalue weighted by atomic mass is 10.2. The third-order valence-electron chi connectivity index (χ3n) is 1.75. The smallest absolute Gasteiger partial charge is 0.255 e. The Morgan fingerprint density at radius 3 is 3.00 bits per heavy atom. The van der Waals surface area contributed by atoms with Crippen molar-refractivity contribution >= 4 is 21.8 Å². The maximum atomic E-state index is 11.1. The molecule has 5 heteroatoms. The van der Waals surface area contributed by atoms with E-state index in [1.165, 1.54) is 6.20 Å². The molecule has 1 aromatic rings. The quantitative estimate of drug-likeness (QED) is 0.676. The summed E-state index contributed by atoms with van der Waals surface area (Å²) < 4.78 is 24.5. The second-order valence-corrected chi connectivity index (χ2v) is 4.43. The van der Waals surface area contributed by atoms with E-state index in [9.17, 15) is 8.42 Å². The minimum Gasteiger partial charge on any atom is -0.278 e. The molecule has 1 aliphatic rings.